The van der Waals surface area contributed by atoms with Gasteiger partial charge in [-0.25, -0.2) is 23.2 Å². The van der Waals surface area contributed by atoms with Crippen molar-refractivity contribution in [1.82, 2.24) is 14.8 Å². The molecule has 2 rings (SSSR count). The largest absolute Gasteiger partial charge is 0.480 e. The van der Waals surface area contributed by atoms with Gasteiger partial charge in [0.25, 0.3) is 0 Å². The number of carboxylic acids is 1. The van der Waals surface area contributed by atoms with Gasteiger partial charge < -0.3 is 10.2 Å². The van der Waals surface area contributed by atoms with E-state index in [2.05, 4.69) is 10.1 Å². The zero-order valence-electron chi connectivity index (χ0n) is 10.4. The lowest BCUT2D eigenvalue weighted by molar-refractivity contribution is -0.150. The van der Waals surface area contributed by atoms with Gasteiger partial charge in [-0.15, -0.1) is 0 Å². The first kappa shape index (κ1) is 14.1. The summed E-state index contributed by atoms with van der Waals surface area (Å²) < 4.78 is 27.6. The molecule has 0 saturated carbocycles. The van der Waals surface area contributed by atoms with E-state index in [1.54, 1.807) is 0 Å². The Bertz CT molecular complexity index is 629. The van der Waals surface area contributed by atoms with Gasteiger partial charge in [0.2, 0.25) is 0 Å². The van der Waals surface area contributed by atoms with Crippen LogP contribution in [0.15, 0.2) is 30.9 Å². The first-order chi connectivity index (χ1) is 9.34. The van der Waals surface area contributed by atoms with Crippen molar-refractivity contribution in [3.05, 3.63) is 48.1 Å². The zero-order valence-corrected chi connectivity index (χ0v) is 10.4. The summed E-state index contributed by atoms with van der Waals surface area (Å²) in [5, 5.41) is 23.3. The van der Waals surface area contributed by atoms with Crippen molar-refractivity contribution >= 4 is 5.97 Å². The fourth-order valence-corrected chi connectivity index (χ4v) is 2.01. The Kier molecular flexibility index (Phi) is 3.49. The Labute approximate surface area is 112 Å². The second-order valence-electron chi connectivity index (χ2n) is 4.39. The maximum atomic E-state index is 13.8. The number of aliphatic hydroxyl groups is 1. The van der Waals surface area contributed by atoms with Crippen LogP contribution < -0.4 is 0 Å². The van der Waals surface area contributed by atoms with Gasteiger partial charge in [0.05, 0.1) is 0 Å². The minimum atomic E-state index is -2.14. The van der Waals surface area contributed by atoms with Crippen molar-refractivity contribution in [3.8, 4) is 0 Å². The Morgan fingerprint density at radius 1 is 1.45 bits per heavy atom. The van der Waals surface area contributed by atoms with E-state index in [0.717, 1.165) is 36.4 Å². The monoisotopic (exact) mass is 283 g/mol. The summed E-state index contributed by atoms with van der Waals surface area (Å²) in [6.45, 7) is 1.11. The molecule has 1 aromatic carbocycles. The quantitative estimate of drug-likeness (QED) is 0.877. The van der Waals surface area contributed by atoms with E-state index < -0.39 is 29.2 Å². The molecule has 8 heteroatoms. The summed E-state index contributed by atoms with van der Waals surface area (Å²) in [6.07, 6.45) is 2.18. The van der Waals surface area contributed by atoms with E-state index in [4.69, 9.17) is 0 Å². The van der Waals surface area contributed by atoms with Crippen molar-refractivity contribution < 1.29 is 23.8 Å². The molecular weight excluding hydrogens is 272 g/mol. The maximum Gasteiger partial charge on any atom is 0.331 e. The van der Waals surface area contributed by atoms with Gasteiger partial charge in [-0.05, 0) is 13.0 Å². The van der Waals surface area contributed by atoms with E-state index in [1.807, 2.05) is 0 Å². The summed E-state index contributed by atoms with van der Waals surface area (Å²) in [4.78, 5) is 14.9. The normalized spacial score (nSPS) is 15.6. The van der Waals surface area contributed by atoms with E-state index in [-0.39, 0.29) is 5.56 Å². The Morgan fingerprint density at radius 3 is 2.65 bits per heavy atom. The number of carboxylic acid groups (broad SMARTS) is 1. The predicted molar refractivity (Wildman–Crippen MR) is 62.6 cm³/mol. The van der Waals surface area contributed by atoms with Crippen LogP contribution in [0.2, 0.25) is 0 Å². The van der Waals surface area contributed by atoms with Gasteiger partial charge in [-0.2, -0.15) is 5.10 Å². The second-order valence-corrected chi connectivity index (χ2v) is 4.39. The number of hydrogen-bond donors (Lipinski definition) is 2. The van der Waals surface area contributed by atoms with Crippen LogP contribution in [0.5, 0.6) is 0 Å². The molecule has 2 N–H and O–H groups in total. The first-order valence-corrected chi connectivity index (χ1v) is 5.59. The molecule has 2 unspecified atom stereocenters. The third-order valence-corrected chi connectivity index (χ3v) is 2.94. The minimum absolute atomic E-state index is 0.346. The van der Waals surface area contributed by atoms with E-state index in [9.17, 15) is 23.8 Å². The molecule has 0 saturated heterocycles. The standard InChI is InChI=1S/C12H11F2N3O3/c1-12(20,8-3-2-7(13)4-9(8)14)10(11(18)19)17-6-15-5-16-17/h2-6,10,20H,1H3,(H,18,19). The first-order valence-electron chi connectivity index (χ1n) is 5.59. The van der Waals surface area contributed by atoms with Gasteiger partial charge in [0.1, 0.15) is 29.9 Å². The van der Waals surface area contributed by atoms with Gasteiger partial charge >= 0.3 is 5.97 Å². The molecular formula is C12H11F2N3O3. The topological polar surface area (TPSA) is 88.2 Å². The fraction of sp³-hybridized carbons (Fsp3) is 0.250. The average molecular weight is 283 g/mol. The van der Waals surface area contributed by atoms with Crippen LogP contribution >= 0.6 is 0 Å². The number of hydrogen-bond acceptors (Lipinski definition) is 4. The molecule has 0 fully saturated rings. The maximum absolute atomic E-state index is 13.8. The molecule has 0 aliphatic heterocycles. The van der Waals surface area contributed by atoms with Crippen molar-refractivity contribution in [3.63, 3.8) is 0 Å². The lowest BCUT2D eigenvalue weighted by Crippen LogP contribution is -2.40. The summed E-state index contributed by atoms with van der Waals surface area (Å²) in [6, 6.07) is 0.902. The number of nitrogens with zero attached hydrogens (tertiary/aromatic N) is 3. The molecule has 1 heterocycles. The van der Waals surface area contributed by atoms with Crippen LogP contribution in [0.3, 0.4) is 0 Å². The molecule has 20 heavy (non-hydrogen) atoms. The average Bonchev–Trinajstić information content (AvgIpc) is 2.80. The Morgan fingerprint density at radius 2 is 2.15 bits per heavy atom. The van der Waals surface area contributed by atoms with Crippen molar-refractivity contribution in [2.24, 2.45) is 0 Å². The molecule has 2 aromatic rings. The lowest BCUT2D eigenvalue weighted by atomic mass is 9.87. The van der Waals surface area contributed by atoms with Gasteiger partial charge in [-0.1, -0.05) is 6.07 Å². The van der Waals surface area contributed by atoms with Crippen LogP contribution in [0, 0.1) is 11.6 Å². The molecule has 0 radical (unpaired) electrons. The van der Waals surface area contributed by atoms with E-state index in [1.165, 1.54) is 0 Å². The summed E-state index contributed by atoms with van der Waals surface area (Å²) in [5.74, 6) is -3.29. The van der Waals surface area contributed by atoms with Crippen molar-refractivity contribution in [1.29, 1.82) is 0 Å². The number of benzene rings is 1. The molecule has 106 valence electrons. The minimum Gasteiger partial charge on any atom is -0.480 e. The zero-order chi connectivity index (χ0) is 14.9. The number of aromatic nitrogens is 3. The number of halogens is 2. The Balaban J connectivity index is 2.53. The second kappa shape index (κ2) is 4.97. The predicted octanol–water partition coefficient (Wildman–Crippen LogP) is 1.09. The molecule has 0 aliphatic rings. The lowest BCUT2D eigenvalue weighted by Gasteiger charge is -2.30. The van der Waals surface area contributed by atoms with Crippen molar-refractivity contribution in [2.45, 2.75) is 18.6 Å². The molecule has 2 atom stereocenters. The highest BCUT2D eigenvalue weighted by molar-refractivity contribution is 5.73. The Hall–Kier alpha value is -2.35. The number of carbonyl (C=O) groups is 1. The third kappa shape index (κ3) is 2.37. The number of aliphatic carboxylic acids is 1. The SMILES string of the molecule is CC(O)(c1ccc(F)cc1F)C(C(=O)O)n1cncn1. The smallest absolute Gasteiger partial charge is 0.331 e. The summed E-state index contributed by atoms with van der Waals surface area (Å²) >= 11 is 0. The molecule has 0 bridgehead atoms. The van der Waals surface area contributed by atoms with Crippen LogP contribution in [0.25, 0.3) is 0 Å². The highest BCUT2D eigenvalue weighted by Crippen LogP contribution is 2.34. The molecule has 0 amide bonds. The summed E-state index contributed by atoms with van der Waals surface area (Å²) in [5.41, 5.74) is -2.49. The van der Waals surface area contributed by atoms with Crippen LogP contribution in [0.4, 0.5) is 8.78 Å². The molecule has 1 aromatic heterocycles. The molecule has 6 nitrogen and oxygen atoms in total. The van der Waals surface area contributed by atoms with Crippen molar-refractivity contribution in [2.75, 3.05) is 0 Å². The number of rotatable bonds is 4. The summed E-state index contributed by atoms with van der Waals surface area (Å²) in [7, 11) is 0. The van der Waals surface area contributed by atoms with Crippen LogP contribution in [-0.4, -0.2) is 30.9 Å². The fourth-order valence-electron chi connectivity index (χ4n) is 2.01. The highest BCUT2D eigenvalue weighted by atomic mass is 19.1. The van der Waals surface area contributed by atoms with Crippen LogP contribution in [-0.2, 0) is 10.4 Å². The van der Waals surface area contributed by atoms with Gasteiger partial charge in [-0.3, -0.25) is 0 Å². The molecule has 0 spiro atoms. The van der Waals surface area contributed by atoms with Crippen LogP contribution in [0.1, 0.15) is 18.5 Å². The van der Waals surface area contributed by atoms with E-state index in [0.29, 0.717) is 6.07 Å². The van der Waals surface area contributed by atoms with Gasteiger partial charge in [0.15, 0.2) is 6.04 Å². The third-order valence-electron chi connectivity index (χ3n) is 2.94. The van der Waals surface area contributed by atoms with E-state index >= 15 is 0 Å². The molecule has 0 aliphatic carbocycles. The highest BCUT2D eigenvalue weighted by Gasteiger charge is 2.43. The van der Waals surface area contributed by atoms with Gasteiger partial charge in [0, 0.05) is 11.6 Å².